The normalized spacial score (nSPS) is 10.7. The summed E-state index contributed by atoms with van der Waals surface area (Å²) >= 11 is 0. The molecule has 0 unspecified atom stereocenters. The van der Waals surface area contributed by atoms with Crippen molar-refractivity contribution >= 4 is 11.6 Å². The van der Waals surface area contributed by atoms with Crippen LogP contribution in [0.2, 0.25) is 0 Å². The number of amides is 1. The van der Waals surface area contributed by atoms with Crippen LogP contribution >= 0.6 is 0 Å². The fraction of sp³-hybridized carbons (Fsp3) is 0.375. The lowest BCUT2D eigenvalue weighted by Crippen LogP contribution is -2.17. The Morgan fingerprint density at radius 3 is 2.64 bits per heavy atom. The minimum absolute atomic E-state index is 0.0120. The van der Waals surface area contributed by atoms with Gasteiger partial charge in [0.1, 0.15) is 17.4 Å². The molecule has 0 bridgehead atoms. The van der Waals surface area contributed by atoms with E-state index in [0.717, 1.165) is 19.3 Å². The number of nitriles is 1. The minimum Gasteiger partial charge on any atom is -0.497 e. The zero-order chi connectivity index (χ0) is 16.2. The molecular weight excluding hydrogens is 282 g/mol. The van der Waals surface area contributed by atoms with E-state index in [2.05, 4.69) is 10.6 Å². The van der Waals surface area contributed by atoms with E-state index >= 15 is 0 Å². The van der Waals surface area contributed by atoms with Gasteiger partial charge in [0.2, 0.25) is 0 Å². The van der Waals surface area contributed by atoms with Crippen molar-refractivity contribution in [3.63, 3.8) is 0 Å². The zero-order valence-corrected chi connectivity index (χ0v) is 12.6. The van der Waals surface area contributed by atoms with Crippen LogP contribution in [0.15, 0.2) is 36.0 Å². The van der Waals surface area contributed by atoms with E-state index in [4.69, 9.17) is 15.1 Å². The summed E-state index contributed by atoms with van der Waals surface area (Å²) in [6.07, 6.45) is 3.94. The number of nitrogens with zero attached hydrogens (tertiary/aromatic N) is 1. The van der Waals surface area contributed by atoms with Gasteiger partial charge < -0.3 is 20.5 Å². The van der Waals surface area contributed by atoms with E-state index in [0.29, 0.717) is 18.0 Å². The molecule has 1 amide bonds. The van der Waals surface area contributed by atoms with E-state index in [-0.39, 0.29) is 12.2 Å². The first kappa shape index (κ1) is 17.5. The highest BCUT2D eigenvalue weighted by atomic mass is 16.5. The van der Waals surface area contributed by atoms with Crippen molar-refractivity contribution in [1.29, 1.82) is 5.26 Å². The molecular formula is C16H21N3O3. The number of carbonyl (C=O) groups is 1. The number of unbranched alkanes of at least 4 members (excludes halogenated alkanes) is 2. The number of aliphatic hydroxyl groups excluding tert-OH is 1. The van der Waals surface area contributed by atoms with Crippen molar-refractivity contribution in [1.82, 2.24) is 5.32 Å². The lowest BCUT2D eigenvalue weighted by molar-refractivity contribution is -0.112. The van der Waals surface area contributed by atoms with E-state index in [9.17, 15) is 4.79 Å². The molecule has 1 aromatic carbocycles. The Bertz CT molecular complexity index is 533. The van der Waals surface area contributed by atoms with Crippen LogP contribution in [0.5, 0.6) is 5.75 Å². The number of benzene rings is 1. The van der Waals surface area contributed by atoms with Gasteiger partial charge in [-0.15, -0.1) is 0 Å². The highest BCUT2D eigenvalue weighted by molar-refractivity contribution is 6.06. The van der Waals surface area contributed by atoms with E-state index in [1.807, 2.05) is 6.07 Å². The standard InChI is InChI=1S/C16H21N3O3/c1-22-15-7-5-14(6-8-15)19-16(21)13(11-17)12-18-9-3-2-4-10-20/h5-8,12,18,20H,2-4,9-10H2,1H3,(H,19,21)/b13-12-. The van der Waals surface area contributed by atoms with E-state index < -0.39 is 5.91 Å². The van der Waals surface area contributed by atoms with Gasteiger partial charge in [-0.05, 0) is 43.5 Å². The molecule has 1 aromatic rings. The van der Waals surface area contributed by atoms with Crippen molar-refractivity contribution in [3.05, 3.63) is 36.0 Å². The zero-order valence-electron chi connectivity index (χ0n) is 12.6. The molecule has 1 rings (SSSR count). The highest BCUT2D eigenvalue weighted by Gasteiger charge is 2.08. The maximum atomic E-state index is 12.0. The summed E-state index contributed by atoms with van der Waals surface area (Å²) in [5.74, 6) is 0.231. The second-order valence-electron chi connectivity index (χ2n) is 4.59. The van der Waals surface area contributed by atoms with Crippen LogP contribution in [0.1, 0.15) is 19.3 Å². The molecule has 6 nitrogen and oxygen atoms in total. The third-order valence-corrected chi connectivity index (χ3v) is 2.94. The first-order valence-electron chi connectivity index (χ1n) is 7.11. The molecule has 0 aromatic heterocycles. The Kier molecular flexibility index (Phi) is 8.16. The number of hydrogen-bond acceptors (Lipinski definition) is 5. The van der Waals surface area contributed by atoms with Gasteiger partial charge in [-0.1, -0.05) is 0 Å². The molecule has 6 heteroatoms. The summed E-state index contributed by atoms with van der Waals surface area (Å²) in [7, 11) is 1.57. The van der Waals surface area contributed by atoms with Gasteiger partial charge in [-0.2, -0.15) is 5.26 Å². The molecule has 0 fully saturated rings. The summed E-state index contributed by atoms with van der Waals surface area (Å²) in [6.45, 7) is 0.838. The topological polar surface area (TPSA) is 94.4 Å². The predicted molar refractivity (Wildman–Crippen MR) is 84.3 cm³/mol. The van der Waals surface area contributed by atoms with Crippen molar-refractivity contribution in [2.24, 2.45) is 0 Å². The molecule has 22 heavy (non-hydrogen) atoms. The number of hydrogen-bond donors (Lipinski definition) is 3. The van der Waals surface area contributed by atoms with Crippen LogP contribution < -0.4 is 15.4 Å². The largest absolute Gasteiger partial charge is 0.497 e. The van der Waals surface area contributed by atoms with Crippen LogP contribution in [-0.4, -0.2) is 31.3 Å². The predicted octanol–water partition coefficient (Wildman–Crippen LogP) is 1.79. The molecule has 3 N–H and O–H groups in total. The molecule has 0 saturated heterocycles. The second kappa shape index (κ2) is 10.2. The molecule has 0 aliphatic rings. The first-order chi connectivity index (χ1) is 10.7. The van der Waals surface area contributed by atoms with Crippen molar-refractivity contribution in [2.75, 3.05) is 25.6 Å². The molecule has 0 radical (unpaired) electrons. The summed E-state index contributed by atoms with van der Waals surface area (Å²) in [5.41, 5.74) is 0.605. The smallest absolute Gasteiger partial charge is 0.267 e. The van der Waals surface area contributed by atoms with Crippen LogP contribution in [-0.2, 0) is 4.79 Å². The van der Waals surface area contributed by atoms with E-state index in [1.165, 1.54) is 6.20 Å². The minimum atomic E-state index is -0.462. The quantitative estimate of drug-likeness (QED) is 0.367. The first-order valence-corrected chi connectivity index (χ1v) is 7.11. The van der Waals surface area contributed by atoms with Gasteiger partial charge >= 0.3 is 0 Å². The van der Waals surface area contributed by atoms with Crippen LogP contribution in [0.3, 0.4) is 0 Å². The average molecular weight is 303 g/mol. The van der Waals surface area contributed by atoms with Gasteiger partial charge in [-0.3, -0.25) is 4.79 Å². The Labute approximate surface area is 130 Å². The molecule has 0 atom stereocenters. The summed E-state index contributed by atoms with van der Waals surface area (Å²) in [5, 5.41) is 23.3. The van der Waals surface area contributed by atoms with Crippen LogP contribution in [0.25, 0.3) is 0 Å². The molecule has 0 heterocycles. The van der Waals surface area contributed by atoms with Crippen molar-refractivity contribution in [3.8, 4) is 11.8 Å². The third kappa shape index (κ3) is 6.29. The second-order valence-corrected chi connectivity index (χ2v) is 4.59. The summed E-state index contributed by atoms with van der Waals surface area (Å²) in [6, 6.07) is 8.73. The van der Waals surface area contributed by atoms with Crippen LogP contribution in [0, 0.1) is 11.3 Å². The molecule has 118 valence electrons. The Balaban J connectivity index is 2.47. The van der Waals surface area contributed by atoms with Crippen molar-refractivity contribution in [2.45, 2.75) is 19.3 Å². The SMILES string of the molecule is COc1ccc(NC(=O)/C(C#N)=C\NCCCCCO)cc1. The van der Waals surface area contributed by atoms with Gasteiger partial charge in [0, 0.05) is 25.0 Å². The Morgan fingerprint density at radius 1 is 1.32 bits per heavy atom. The number of methoxy groups -OCH3 is 1. The fourth-order valence-corrected chi connectivity index (χ4v) is 1.71. The maximum Gasteiger partial charge on any atom is 0.267 e. The van der Waals surface area contributed by atoms with Gasteiger partial charge in [0.15, 0.2) is 0 Å². The molecule has 0 spiro atoms. The number of rotatable bonds is 9. The van der Waals surface area contributed by atoms with Crippen LogP contribution in [0.4, 0.5) is 5.69 Å². The monoisotopic (exact) mass is 303 g/mol. The number of carbonyl (C=O) groups excluding carboxylic acids is 1. The molecule has 0 saturated carbocycles. The summed E-state index contributed by atoms with van der Waals surface area (Å²) < 4.78 is 5.03. The van der Waals surface area contributed by atoms with Gasteiger partial charge in [-0.25, -0.2) is 0 Å². The lowest BCUT2D eigenvalue weighted by Gasteiger charge is -2.06. The number of aliphatic hydroxyl groups is 1. The fourth-order valence-electron chi connectivity index (χ4n) is 1.71. The van der Waals surface area contributed by atoms with E-state index in [1.54, 1.807) is 31.4 Å². The molecule has 0 aliphatic heterocycles. The maximum absolute atomic E-state index is 12.0. The Morgan fingerprint density at radius 2 is 2.05 bits per heavy atom. The molecule has 0 aliphatic carbocycles. The third-order valence-electron chi connectivity index (χ3n) is 2.94. The van der Waals surface area contributed by atoms with Gasteiger partial charge in [0.05, 0.1) is 7.11 Å². The summed E-state index contributed by atoms with van der Waals surface area (Å²) in [4.78, 5) is 12.0. The van der Waals surface area contributed by atoms with Crippen molar-refractivity contribution < 1.29 is 14.6 Å². The van der Waals surface area contributed by atoms with Gasteiger partial charge in [0.25, 0.3) is 5.91 Å². The number of ether oxygens (including phenoxy) is 1. The Hall–Kier alpha value is -2.52. The number of anilines is 1. The average Bonchev–Trinajstić information content (AvgIpc) is 2.55. The number of nitrogens with one attached hydrogen (secondary N) is 2. The lowest BCUT2D eigenvalue weighted by atomic mass is 10.2. The highest BCUT2D eigenvalue weighted by Crippen LogP contribution is 2.15.